The second-order valence-corrected chi connectivity index (χ2v) is 6.61. The number of likely N-dealkylation sites (tertiary alicyclic amines) is 1. The minimum Gasteiger partial charge on any atom is -0.373 e. The van der Waals surface area contributed by atoms with Crippen molar-refractivity contribution in [2.24, 2.45) is 0 Å². The number of anilines is 2. The van der Waals surface area contributed by atoms with Crippen LogP contribution in [0.5, 0.6) is 0 Å². The summed E-state index contributed by atoms with van der Waals surface area (Å²) in [5, 5.41) is 10.9. The van der Waals surface area contributed by atoms with E-state index in [0.717, 1.165) is 25.9 Å². The van der Waals surface area contributed by atoms with E-state index in [2.05, 4.69) is 44.5 Å². The zero-order valence-electron chi connectivity index (χ0n) is 13.2. The Kier molecular flexibility index (Phi) is 5.19. The first kappa shape index (κ1) is 15.9. The first-order valence-corrected chi connectivity index (χ1v) is 8.66. The molecule has 1 aliphatic rings. The third kappa shape index (κ3) is 4.27. The van der Waals surface area contributed by atoms with Crippen LogP contribution in [0.15, 0.2) is 35.8 Å². The molecule has 6 nitrogen and oxygen atoms in total. The van der Waals surface area contributed by atoms with E-state index in [4.69, 9.17) is 0 Å². The maximum atomic E-state index is 12.1. The number of carbonyl (C=O) groups is 1. The van der Waals surface area contributed by atoms with Gasteiger partial charge in [0.1, 0.15) is 5.51 Å². The molecule has 1 aromatic carbocycles. The van der Waals surface area contributed by atoms with Gasteiger partial charge >= 0.3 is 0 Å². The van der Waals surface area contributed by atoms with Crippen LogP contribution < -0.4 is 10.2 Å². The summed E-state index contributed by atoms with van der Waals surface area (Å²) in [6.07, 6.45) is 2.27. The molecule has 1 aliphatic heterocycles. The molecule has 0 radical (unpaired) electrons. The predicted octanol–water partition coefficient (Wildman–Crippen LogP) is 2.08. The number of para-hydroxylation sites is 1. The number of likely N-dealkylation sites (N-methyl/N-ethyl adjacent to an activating group) is 1. The van der Waals surface area contributed by atoms with E-state index >= 15 is 0 Å². The smallest absolute Gasteiger partial charge is 0.240 e. The van der Waals surface area contributed by atoms with Crippen molar-refractivity contribution in [3.05, 3.63) is 35.8 Å². The summed E-state index contributed by atoms with van der Waals surface area (Å²) in [5.41, 5.74) is 2.82. The zero-order chi connectivity index (χ0) is 16.1. The van der Waals surface area contributed by atoms with Gasteiger partial charge in [0.25, 0.3) is 0 Å². The van der Waals surface area contributed by atoms with Gasteiger partial charge in [-0.2, -0.15) is 0 Å². The Balaban J connectivity index is 1.54. The van der Waals surface area contributed by atoms with Gasteiger partial charge in [-0.3, -0.25) is 15.0 Å². The molecule has 0 unspecified atom stereocenters. The number of benzene rings is 1. The van der Waals surface area contributed by atoms with Gasteiger partial charge in [0.05, 0.1) is 6.54 Å². The van der Waals surface area contributed by atoms with E-state index in [1.165, 1.54) is 17.0 Å². The summed E-state index contributed by atoms with van der Waals surface area (Å²) in [4.78, 5) is 16.7. The van der Waals surface area contributed by atoms with E-state index in [0.29, 0.717) is 17.7 Å². The molecule has 7 heteroatoms. The topological polar surface area (TPSA) is 61.4 Å². The summed E-state index contributed by atoms with van der Waals surface area (Å²) >= 11 is 1.34. The summed E-state index contributed by atoms with van der Waals surface area (Å²) in [5.74, 6) is -0.0176. The van der Waals surface area contributed by atoms with Crippen molar-refractivity contribution in [2.45, 2.75) is 18.9 Å². The second-order valence-electron chi connectivity index (χ2n) is 5.77. The first-order chi connectivity index (χ1) is 11.2. The van der Waals surface area contributed by atoms with Crippen LogP contribution in [-0.4, -0.2) is 53.7 Å². The fourth-order valence-corrected chi connectivity index (χ4v) is 3.45. The lowest BCUT2D eigenvalue weighted by atomic mass is 10.2. The number of hydrogen-bond donors (Lipinski definition) is 1. The molecule has 3 rings (SSSR count). The molecule has 2 aromatic rings. The molecule has 1 saturated heterocycles. The molecule has 1 aromatic heterocycles. The average molecular weight is 331 g/mol. The number of nitrogens with zero attached hydrogens (tertiary/aromatic N) is 4. The van der Waals surface area contributed by atoms with Crippen LogP contribution in [0.1, 0.15) is 12.8 Å². The van der Waals surface area contributed by atoms with Crippen molar-refractivity contribution < 1.29 is 4.79 Å². The van der Waals surface area contributed by atoms with Gasteiger partial charge in [-0.25, -0.2) is 0 Å². The Morgan fingerprint density at radius 3 is 3.00 bits per heavy atom. The third-order valence-electron chi connectivity index (χ3n) is 4.13. The fraction of sp³-hybridized carbons (Fsp3) is 0.438. The van der Waals surface area contributed by atoms with Crippen molar-refractivity contribution in [1.82, 2.24) is 15.1 Å². The lowest BCUT2D eigenvalue weighted by Crippen LogP contribution is -2.42. The number of nitrogens with one attached hydrogen (secondary N) is 1. The molecule has 1 amide bonds. The van der Waals surface area contributed by atoms with E-state index in [-0.39, 0.29) is 5.91 Å². The predicted molar refractivity (Wildman–Crippen MR) is 92.8 cm³/mol. The SMILES string of the molecule is CN(C[C@H]1CCCN1CC(=O)Nc1nncs1)c1ccccc1. The number of hydrogen-bond acceptors (Lipinski definition) is 6. The Morgan fingerprint density at radius 1 is 1.43 bits per heavy atom. The highest BCUT2D eigenvalue weighted by atomic mass is 32.1. The normalized spacial score (nSPS) is 18.0. The molecule has 23 heavy (non-hydrogen) atoms. The minimum atomic E-state index is -0.0176. The van der Waals surface area contributed by atoms with Gasteiger partial charge < -0.3 is 4.90 Å². The van der Waals surface area contributed by atoms with E-state index in [9.17, 15) is 4.79 Å². The van der Waals surface area contributed by atoms with Gasteiger partial charge in [-0.05, 0) is 31.5 Å². The van der Waals surface area contributed by atoms with Crippen molar-refractivity contribution in [1.29, 1.82) is 0 Å². The highest BCUT2D eigenvalue weighted by Gasteiger charge is 2.27. The van der Waals surface area contributed by atoms with Crippen LogP contribution in [0.3, 0.4) is 0 Å². The quantitative estimate of drug-likeness (QED) is 0.878. The Morgan fingerprint density at radius 2 is 2.26 bits per heavy atom. The molecular weight excluding hydrogens is 310 g/mol. The van der Waals surface area contributed by atoms with Gasteiger partial charge in [0.2, 0.25) is 11.0 Å². The Labute approximate surface area is 140 Å². The van der Waals surface area contributed by atoms with Crippen LogP contribution in [0.2, 0.25) is 0 Å². The summed E-state index contributed by atoms with van der Waals surface area (Å²) in [6.45, 7) is 2.31. The summed E-state index contributed by atoms with van der Waals surface area (Å²) < 4.78 is 0. The van der Waals surface area contributed by atoms with Gasteiger partial charge in [0.15, 0.2) is 0 Å². The highest BCUT2D eigenvalue weighted by molar-refractivity contribution is 7.13. The number of carbonyl (C=O) groups excluding carboxylic acids is 1. The lowest BCUT2D eigenvalue weighted by molar-refractivity contribution is -0.117. The van der Waals surface area contributed by atoms with Crippen molar-refractivity contribution >= 4 is 28.1 Å². The third-order valence-corrected chi connectivity index (χ3v) is 4.74. The number of amides is 1. The molecule has 2 heterocycles. The fourth-order valence-electron chi connectivity index (χ4n) is 2.98. The van der Waals surface area contributed by atoms with E-state index in [1.54, 1.807) is 5.51 Å². The maximum Gasteiger partial charge on any atom is 0.240 e. The monoisotopic (exact) mass is 331 g/mol. The van der Waals surface area contributed by atoms with Crippen LogP contribution in [-0.2, 0) is 4.79 Å². The molecule has 1 fully saturated rings. The second kappa shape index (κ2) is 7.52. The summed E-state index contributed by atoms with van der Waals surface area (Å²) in [7, 11) is 2.10. The van der Waals surface area contributed by atoms with Crippen LogP contribution in [0.25, 0.3) is 0 Å². The van der Waals surface area contributed by atoms with E-state index < -0.39 is 0 Å². The van der Waals surface area contributed by atoms with Gasteiger partial charge in [-0.1, -0.05) is 29.5 Å². The van der Waals surface area contributed by atoms with Crippen molar-refractivity contribution in [2.75, 3.05) is 36.9 Å². The molecule has 1 atom stereocenters. The average Bonchev–Trinajstić information content (AvgIpc) is 3.21. The Bertz CT molecular complexity index is 619. The largest absolute Gasteiger partial charge is 0.373 e. The van der Waals surface area contributed by atoms with Gasteiger partial charge in [-0.15, -0.1) is 10.2 Å². The lowest BCUT2D eigenvalue weighted by Gasteiger charge is -2.29. The molecule has 0 saturated carbocycles. The molecular formula is C16H21N5OS. The molecule has 0 aliphatic carbocycles. The van der Waals surface area contributed by atoms with Gasteiger partial charge in [0, 0.05) is 25.3 Å². The van der Waals surface area contributed by atoms with Crippen LogP contribution in [0.4, 0.5) is 10.8 Å². The van der Waals surface area contributed by atoms with Crippen molar-refractivity contribution in [3.63, 3.8) is 0 Å². The van der Waals surface area contributed by atoms with Crippen LogP contribution in [0, 0.1) is 0 Å². The highest BCUT2D eigenvalue weighted by Crippen LogP contribution is 2.20. The standard InChI is InChI=1S/C16H21N5OS/c1-20(13-6-3-2-4-7-13)10-14-8-5-9-21(14)11-15(22)18-16-19-17-12-23-16/h2-4,6-7,12,14H,5,8-11H2,1H3,(H,18,19,22)/t14-/m1/s1. The molecule has 122 valence electrons. The maximum absolute atomic E-state index is 12.1. The Hall–Kier alpha value is -1.99. The van der Waals surface area contributed by atoms with Crippen molar-refractivity contribution in [3.8, 4) is 0 Å². The zero-order valence-corrected chi connectivity index (χ0v) is 14.0. The molecule has 0 spiro atoms. The number of aromatic nitrogens is 2. The van der Waals surface area contributed by atoms with E-state index in [1.807, 2.05) is 18.2 Å². The minimum absolute atomic E-state index is 0.0176. The molecule has 0 bridgehead atoms. The first-order valence-electron chi connectivity index (χ1n) is 7.78. The molecule has 1 N–H and O–H groups in total. The summed E-state index contributed by atoms with van der Waals surface area (Å²) in [6, 6.07) is 10.8. The van der Waals surface area contributed by atoms with Crippen LogP contribution >= 0.6 is 11.3 Å². The number of rotatable bonds is 6.